The van der Waals surface area contributed by atoms with Gasteiger partial charge in [-0.05, 0) is 12.1 Å². The summed E-state index contributed by atoms with van der Waals surface area (Å²) in [5.41, 5.74) is 0.284. The monoisotopic (exact) mass is 406 g/mol. The van der Waals surface area contributed by atoms with Gasteiger partial charge in [0.15, 0.2) is 0 Å². The van der Waals surface area contributed by atoms with Crippen LogP contribution in [-0.2, 0) is 21.5 Å². The lowest BCUT2D eigenvalue weighted by molar-refractivity contribution is -0.131. The smallest absolute Gasteiger partial charge is 0.281 e. The Morgan fingerprint density at radius 1 is 1.19 bits per heavy atom. The average molecular weight is 407 g/mol. The van der Waals surface area contributed by atoms with Gasteiger partial charge in [-0.25, -0.2) is 4.39 Å². The molecule has 0 atom stereocenters. The molecule has 0 N–H and O–H groups in total. The van der Waals surface area contributed by atoms with E-state index in [-0.39, 0.29) is 29.6 Å². The Morgan fingerprint density at radius 2 is 1.81 bits per heavy atom. The summed E-state index contributed by atoms with van der Waals surface area (Å²) in [6, 6.07) is 4.41. The first-order chi connectivity index (χ1) is 12.1. The Bertz CT molecular complexity index is 732. The van der Waals surface area contributed by atoms with Crippen molar-refractivity contribution in [1.82, 2.24) is 18.4 Å². The number of amides is 1. The third-order valence-corrected chi connectivity index (χ3v) is 6.66. The van der Waals surface area contributed by atoms with Gasteiger partial charge in [-0.15, -0.1) is 0 Å². The van der Waals surface area contributed by atoms with Crippen molar-refractivity contribution in [2.45, 2.75) is 6.54 Å². The van der Waals surface area contributed by atoms with Crippen LogP contribution in [-0.4, -0.2) is 86.6 Å². The van der Waals surface area contributed by atoms with Crippen LogP contribution in [0.1, 0.15) is 5.56 Å². The van der Waals surface area contributed by atoms with Gasteiger partial charge in [0.25, 0.3) is 10.2 Å². The van der Waals surface area contributed by atoms with E-state index in [0.29, 0.717) is 26.2 Å². The van der Waals surface area contributed by atoms with Crippen molar-refractivity contribution in [2.75, 3.05) is 53.9 Å². The van der Waals surface area contributed by atoms with E-state index in [9.17, 15) is 17.6 Å². The third-order valence-electron chi connectivity index (χ3n) is 4.36. The van der Waals surface area contributed by atoms with Crippen molar-refractivity contribution >= 4 is 27.7 Å². The van der Waals surface area contributed by atoms with Crippen LogP contribution in [0.5, 0.6) is 0 Å². The van der Waals surface area contributed by atoms with Gasteiger partial charge in [-0.3, -0.25) is 9.69 Å². The second-order valence-electron chi connectivity index (χ2n) is 6.42. The summed E-state index contributed by atoms with van der Waals surface area (Å²) in [7, 11) is 1.15. The van der Waals surface area contributed by atoms with Gasteiger partial charge >= 0.3 is 0 Å². The first-order valence-corrected chi connectivity index (χ1v) is 9.97. The van der Waals surface area contributed by atoms with Crippen LogP contribution in [0.25, 0.3) is 0 Å². The molecule has 26 heavy (non-hydrogen) atoms. The number of halogens is 2. The number of nitrogens with zero attached hydrogens (tertiary/aromatic N) is 4. The lowest BCUT2D eigenvalue weighted by atomic mass is 10.2. The molecule has 0 aliphatic carbocycles. The maximum Gasteiger partial charge on any atom is 0.281 e. The molecular weight excluding hydrogens is 383 g/mol. The fraction of sp³-hybridized carbons (Fsp3) is 0.562. The minimum absolute atomic E-state index is 0.0827. The standard InChI is InChI=1S/C16H24ClFN4O3S/c1-19(2)26(24,25)22-9-7-21(8-10-22)12-16(23)20(3)11-13-14(17)5-4-6-15(13)18/h4-6H,7-12H2,1-3H3. The van der Waals surface area contributed by atoms with Crippen molar-refractivity contribution < 1.29 is 17.6 Å². The van der Waals surface area contributed by atoms with Gasteiger partial charge < -0.3 is 4.90 Å². The van der Waals surface area contributed by atoms with Crippen molar-refractivity contribution in [2.24, 2.45) is 0 Å². The molecule has 1 heterocycles. The number of carbonyl (C=O) groups is 1. The lowest BCUT2D eigenvalue weighted by Crippen LogP contribution is -2.53. The molecule has 1 aromatic rings. The summed E-state index contributed by atoms with van der Waals surface area (Å²) in [6.07, 6.45) is 0. The van der Waals surface area contributed by atoms with Crippen LogP contribution < -0.4 is 0 Å². The van der Waals surface area contributed by atoms with Crippen molar-refractivity contribution in [1.29, 1.82) is 0 Å². The van der Waals surface area contributed by atoms with Gasteiger partial charge in [0, 0.05) is 64.5 Å². The highest BCUT2D eigenvalue weighted by Crippen LogP contribution is 2.20. The largest absolute Gasteiger partial charge is 0.340 e. The predicted molar refractivity (Wildman–Crippen MR) is 98.5 cm³/mol. The molecule has 146 valence electrons. The number of carbonyl (C=O) groups excluding carboxylic acids is 1. The molecule has 1 aliphatic rings. The molecule has 0 saturated carbocycles. The Labute approximate surface area is 159 Å². The molecule has 0 bridgehead atoms. The van der Waals surface area contributed by atoms with E-state index >= 15 is 0 Å². The Balaban J connectivity index is 1.89. The zero-order valence-corrected chi connectivity index (χ0v) is 16.7. The van der Waals surface area contributed by atoms with E-state index in [2.05, 4.69) is 0 Å². The Kier molecular flexibility index (Phi) is 6.98. The molecule has 0 radical (unpaired) electrons. The van der Waals surface area contributed by atoms with Crippen LogP contribution in [0.4, 0.5) is 4.39 Å². The van der Waals surface area contributed by atoms with E-state index in [1.807, 2.05) is 4.90 Å². The second kappa shape index (κ2) is 8.62. The molecule has 0 spiro atoms. The van der Waals surface area contributed by atoms with Gasteiger partial charge in [0.2, 0.25) is 5.91 Å². The van der Waals surface area contributed by atoms with Crippen LogP contribution in [0.2, 0.25) is 5.02 Å². The van der Waals surface area contributed by atoms with Gasteiger partial charge in [0.1, 0.15) is 5.82 Å². The number of rotatable bonds is 6. The van der Waals surface area contributed by atoms with Gasteiger partial charge in [-0.1, -0.05) is 17.7 Å². The summed E-state index contributed by atoms with van der Waals surface area (Å²) in [4.78, 5) is 15.7. The molecule has 0 unspecified atom stereocenters. The number of hydrogen-bond donors (Lipinski definition) is 0. The van der Waals surface area contributed by atoms with Crippen molar-refractivity contribution in [3.8, 4) is 0 Å². The highest BCUT2D eigenvalue weighted by atomic mass is 35.5. The quantitative estimate of drug-likeness (QED) is 0.703. The fourth-order valence-electron chi connectivity index (χ4n) is 2.67. The maximum atomic E-state index is 13.9. The second-order valence-corrected chi connectivity index (χ2v) is 8.96. The Morgan fingerprint density at radius 3 is 2.35 bits per heavy atom. The molecular formula is C16H24ClFN4O3S. The Hall–Kier alpha value is -1.26. The highest BCUT2D eigenvalue weighted by Gasteiger charge is 2.29. The minimum Gasteiger partial charge on any atom is -0.340 e. The zero-order valence-electron chi connectivity index (χ0n) is 15.2. The minimum atomic E-state index is -3.43. The van der Waals surface area contributed by atoms with Crippen LogP contribution in [0, 0.1) is 5.82 Å². The molecule has 7 nitrogen and oxygen atoms in total. The molecule has 1 aromatic carbocycles. The molecule has 0 aromatic heterocycles. The first kappa shape index (κ1) is 21.0. The van der Waals surface area contributed by atoms with E-state index in [4.69, 9.17) is 11.6 Å². The summed E-state index contributed by atoms with van der Waals surface area (Å²) < 4.78 is 40.6. The molecule has 1 fully saturated rings. The van der Waals surface area contributed by atoms with E-state index in [1.165, 1.54) is 39.7 Å². The van der Waals surface area contributed by atoms with E-state index in [0.717, 1.165) is 0 Å². The van der Waals surface area contributed by atoms with Crippen LogP contribution in [0.3, 0.4) is 0 Å². The van der Waals surface area contributed by atoms with Gasteiger partial charge in [0.05, 0.1) is 6.54 Å². The molecule has 1 aliphatic heterocycles. The number of likely N-dealkylation sites (N-methyl/N-ethyl adjacent to an activating group) is 1. The first-order valence-electron chi connectivity index (χ1n) is 8.19. The summed E-state index contributed by atoms with van der Waals surface area (Å²) >= 11 is 6.00. The molecule has 2 rings (SSSR count). The van der Waals surface area contributed by atoms with Crippen LogP contribution >= 0.6 is 11.6 Å². The maximum absolute atomic E-state index is 13.9. The fourth-order valence-corrected chi connectivity index (χ4v) is 3.98. The molecule has 1 amide bonds. The number of piperazine rings is 1. The van der Waals surface area contributed by atoms with Crippen LogP contribution in [0.15, 0.2) is 18.2 Å². The topological polar surface area (TPSA) is 64.2 Å². The summed E-state index contributed by atoms with van der Waals surface area (Å²) in [5, 5.41) is 0.284. The number of benzene rings is 1. The highest BCUT2D eigenvalue weighted by molar-refractivity contribution is 7.86. The van der Waals surface area contributed by atoms with E-state index < -0.39 is 16.0 Å². The van der Waals surface area contributed by atoms with E-state index in [1.54, 1.807) is 13.1 Å². The van der Waals surface area contributed by atoms with Crippen molar-refractivity contribution in [3.63, 3.8) is 0 Å². The summed E-state index contributed by atoms with van der Waals surface area (Å²) in [5.74, 6) is -0.618. The lowest BCUT2D eigenvalue weighted by Gasteiger charge is -2.35. The SMILES string of the molecule is CN(Cc1c(F)cccc1Cl)C(=O)CN1CCN(S(=O)(=O)N(C)C)CC1. The number of hydrogen-bond acceptors (Lipinski definition) is 4. The van der Waals surface area contributed by atoms with Gasteiger partial charge in [-0.2, -0.15) is 17.0 Å². The predicted octanol–water partition coefficient (Wildman–Crippen LogP) is 0.861. The normalized spacial score (nSPS) is 16.8. The third kappa shape index (κ3) is 4.92. The zero-order chi connectivity index (χ0) is 19.5. The molecule has 10 heteroatoms. The van der Waals surface area contributed by atoms with Crippen molar-refractivity contribution in [3.05, 3.63) is 34.6 Å². The summed E-state index contributed by atoms with van der Waals surface area (Å²) in [6.45, 7) is 1.82. The average Bonchev–Trinajstić information content (AvgIpc) is 2.58. The molecule has 1 saturated heterocycles.